The second-order valence-electron chi connectivity index (χ2n) is 3.26. The molecule has 0 spiro atoms. The van der Waals surface area contributed by atoms with Crippen molar-refractivity contribution < 1.29 is 35.9 Å². The molecule has 0 amide bonds. The molecule has 0 aliphatic rings. The van der Waals surface area contributed by atoms with Crippen molar-refractivity contribution in [3.8, 4) is 5.75 Å². The number of hydrogen-bond donors (Lipinski definition) is 0. The second kappa shape index (κ2) is 4.87. The fraction of sp³-hybridized carbons (Fsp3) is 0.300. The monoisotopic (exact) mass is 272 g/mol. The number of rotatable bonds is 3. The van der Waals surface area contributed by atoms with E-state index in [1.165, 1.54) is 0 Å². The van der Waals surface area contributed by atoms with Gasteiger partial charge in [-0.3, -0.25) is 4.79 Å². The minimum atomic E-state index is -5.07. The van der Waals surface area contributed by atoms with Gasteiger partial charge < -0.3 is 4.74 Å². The number of carbonyl (C=O) groups excluding carboxylic acids is 1. The fourth-order valence-corrected chi connectivity index (χ4v) is 1.24. The third kappa shape index (κ3) is 3.14. The Kier molecular flexibility index (Phi) is 3.88. The predicted molar refractivity (Wildman–Crippen MR) is 48.0 cm³/mol. The van der Waals surface area contributed by atoms with E-state index in [0.29, 0.717) is 6.07 Å². The average Bonchev–Trinajstić information content (AvgIpc) is 2.17. The third-order valence-corrected chi connectivity index (χ3v) is 1.97. The van der Waals surface area contributed by atoms with E-state index >= 15 is 0 Å². The van der Waals surface area contributed by atoms with E-state index in [1.54, 1.807) is 0 Å². The van der Waals surface area contributed by atoms with Crippen LogP contribution in [0.3, 0.4) is 0 Å². The average molecular weight is 272 g/mol. The van der Waals surface area contributed by atoms with Crippen LogP contribution >= 0.6 is 0 Å². The molecule has 2 nitrogen and oxygen atoms in total. The van der Waals surface area contributed by atoms with Gasteiger partial charge in [-0.25, -0.2) is 4.39 Å². The first-order valence-electron chi connectivity index (χ1n) is 4.49. The minimum absolute atomic E-state index is 0.0472. The Hall–Kier alpha value is -1.73. The number of ketones is 1. The van der Waals surface area contributed by atoms with E-state index in [2.05, 4.69) is 4.74 Å². The highest BCUT2D eigenvalue weighted by Gasteiger charge is 2.36. The van der Waals surface area contributed by atoms with Gasteiger partial charge >= 0.3 is 12.8 Å². The second-order valence-corrected chi connectivity index (χ2v) is 3.26. The Balaban J connectivity index is 3.42. The summed E-state index contributed by atoms with van der Waals surface area (Å²) in [6, 6.07) is 0.265. The molecule has 0 radical (unpaired) electrons. The summed E-state index contributed by atoms with van der Waals surface area (Å²) in [5.74, 6) is -3.64. The summed E-state index contributed by atoms with van der Waals surface area (Å²) in [7, 11) is 0. The van der Waals surface area contributed by atoms with E-state index in [9.17, 15) is 31.1 Å². The molecule has 100 valence electrons. The summed E-state index contributed by atoms with van der Waals surface area (Å²) in [5, 5.41) is 0. The standard InChI is InChI=1S/C10H6F6O2/c1-4(17)5-2-8(18-9(12)13)6(3-7(5)11)10(14,15)16/h2-3,9H,1H3. The lowest BCUT2D eigenvalue weighted by atomic mass is 10.1. The first-order chi connectivity index (χ1) is 8.12. The van der Waals surface area contributed by atoms with Gasteiger partial charge in [-0.2, -0.15) is 22.0 Å². The lowest BCUT2D eigenvalue weighted by Crippen LogP contribution is -2.13. The van der Waals surface area contributed by atoms with E-state index in [1.807, 2.05) is 0 Å². The van der Waals surface area contributed by atoms with Crippen LogP contribution in [0, 0.1) is 5.82 Å². The van der Waals surface area contributed by atoms with Crippen LogP contribution in [-0.4, -0.2) is 12.4 Å². The van der Waals surface area contributed by atoms with Crippen LogP contribution in [0.2, 0.25) is 0 Å². The number of ether oxygens (including phenoxy) is 1. The lowest BCUT2D eigenvalue weighted by Gasteiger charge is -2.14. The van der Waals surface area contributed by atoms with Gasteiger partial charge in [0.2, 0.25) is 0 Å². The van der Waals surface area contributed by atoms with Gasteiger partial charge in [0.05, 0.1) is 5.56 Å². The summed E-state index contributed by atoms with van der Waals surface area (Å²) in [6.07, 6.45) is -5.07. The molecule has 8 heteroatoms. The molecule has 0 N–H and O–H groups in total. The van der Waals surface area contributed by atoms with Crippen molar-refractivity contribution >= 4 is 5.78 Å². The molecule has 0 aliphatic heterocycles. The maximum atomic E-state index is 13.2. The van der Waals surface area contributed by atoms with E-state index in [0.717, 1.165) is 6.92 Å². The zero-order valence-electron chi connectivity index (χ0n) is 8.82. The third-order valence-electron chi connectivity index (χ3n) is 1.97. The van der Waals surface area contributed by atoms with E-state index < -0.39 is 41.3 Å². The molecule has 0 atom stereocenters. The highest BCUT2D eigenvalue weighted by molar-refractivity contribution is 5.94. The molecule has 1 aromatic carbocycles. The van der Waals surface area contributed by atoms with Crippen molar-refractivity contribution in [2.75, 3.05) is 0 Å². The number of hydrogen-bond acceptors (Lipinski definition) is 2. The fourth-order valence-electron chi connectivity index (χ4n) is 1.24. The number of benzene rings is 1. The highest BCUT2D eigenvalue weighted by Crippen LogP contribution is 2.38. The zero-order valence-corrected chi connectivity index (χ0v) is 8.82. The Morgan fingerprint density at radius 1 is 1.28 bits per heavy atom. The molecule has 18 heavy (non-hydrogen) atoms. The van der Waals surface area contributed by atoms with Crippen LogP contribution in [0.15, 0.2) is 12.1 Å². The molecule has 0 saturated carbocycles. The molecule has 0 saturated heterocycles. The summed E-state index contributed by atoms with van der Waals surface area (Å²) < 4.78 is 78.0. The molecule has 0 heterocycles. The quantitative estimate of drug-likeness (QED) is 0.620. The highest BCUT2D eigenvalue weighted by atomic mass is 19.4. The summed E-state index contributed by atoms with van der Waals surface area (Å²) >= 11 is 0. The molecule has 0 aromatic heterocycles. The van der Waals surface area contributed by atoms with Crippen LogP contribution in [0.25, 0.3) is 0 Å². The molecule has 0 bridgehead atoms. The van der Waals surface area contributed by atoms with E-state index in [4.69, 9.17) is 0 Å². The topological polar surface area (TPSA) is 26.3 Å². The maximum Gasteiger partial charge on any atom is 0.420 e. The number of carbonyl (C=O) groups is 1. The van der Waals surface area contributed by atoms with Gasteiger partial charge in [-0.05, 0) is 19.1 Å². The maximum absolute atomic E-state index is 13.2. The lowest BCUT2D eigenvalue weighted by molar-refractivity contribution is -0.142. The van der Waals surface area contributed by atoms with Gasteiger partial charge in [-0.1, -0.05) is 0 Å². The summed E-state index contributed by atoms with van der Waals surface area (Å²) in [5.41, 5.74) is -2.45. The van der Waals surface area contributed by atoms with Gasteiger partial charge in [0.15, 0.2) is 5.78 Å². The van der Waals surface area contributed by atoms with Crippen LogP contribution in [0.4, 0.5) is 26.3 Å². The molecule has 1 rings (SSSR count). The molecule has 0 unspecified atom stereocenters. The summed E-state index contributed by atoms with van der Waals surface area (Å²) in [6.45, 7) is -2.63. The molecular formula is C10H6F6O2. The molecular weight excluding hydrogens is 266 g/mol. The first-order valence-corrected chi connectivity index (χ1v) is 4.49. The Morgan fingerprint density at radius 3 is 2.22 bits per heavy atom. The largest absolute Gasteiger partial charge is 0.434 e. The Bertz CT molecular complexity index is 466. The van der Waals surface area contributed by atoms with Crippen molar-refractivity contribution in [1.82, 2.24) is 0 Å². The molecule has 1 aromatic rings. The van der Waals surface area contributed by atoms with Gasteiger partial charge in [0.25, 0.3) is 0 Å². The number of alkyl halides is 5. The number of Topliss-reactive ketones (excluding diaryl/α,β-unsaturated/α-hetero) is 1. The predicted octanol–water partition coefficient (Wildman–Crippen LogP) is 3.65. The van der Waals surface area contributed by atoms with Crippen molar-refractivity contribution in [2.45, 2.75) is 19.7 Å². The van der Waals surface area contributed by atoms with Crippen LogP contribution in [-0.2, 0) is 6.18 Å². The van der Waals surface area contributed by atoms with Crippen molar-refractivity contribution in [1.29, 1.82) is 0 Å². The zero-order chi connectivity index (χ0) is 14.1. The minimum Gasteiger partial charge on any atom is -0.434 e. The van der Waals surface area contributed by atoms with Crippen molar-refractivity contribution in [3.05, 3.63) is 29.1 Å². The normalized spacial score (nSPS) is 11.8. The first kappa shape index (κ1) is 14.3. The molecule has 0 aliphatic carbocycles. The van der Waals surface area contributed by atoms with Crippen LogP contribution in [0.5, 0.6) is 5.75 Å². The van der Waals surface area contributed by atoms with E-state index in [-0.39, 0.29) is 6.07 Å². The van der Waals surface area contributed by atoms with Crippen LogP contribution < -0.4 is 4.74 Å². The van der Waals surface area contributed by atoms with Crippen molar-refractivity contribution in [3.63, 3.8) is 0 Å². The Labute approximate surface area is 97.2 Å². The number of halogens is 6. The van der Waals surface area contributed by atoms with Gasteiger partial charge in [0.1, 0.15) is 17.1 Å². The Morgan fingerprint density at radius 2 is 1.83 bits per heavy atom. The summed E-state index contributed by atoms with van der Waals surface area (Å²) in [4.78, 5) is 10.9. The molecule has 0 fully saturated rings. The SMILES string of the molecule is CC(=O)c1cc(OC(F)F)c(C(F)(F)F)cc1F. The van der Waals surface area contributed by atoms with Gasteiger partial charge in [0, 0.05) is 0 Å². The smallest absolute Gasteiger partial charge is 0.420 e. The van der Waals surface area contributed by atoms with Gasteiger partial charge in [-0.15, -0.1) is 0 Å². The van der Waals surface area contributed by atoms with Crippen molar-refractivity contribution in [2.24, 2.45) is 0 Å². The van der Waals surface area contributed by atoms with Crippen LogP contribution in [0.1, 0.15) is 22.8 Å².